The van der Waals surface area contributed by atoms with Crippen LogP contribution in [0, 0.1) is 0 Å². The molecule has 2 fully saturated rings. The summed E-state index contributed by atoms with van der Waals surface area (Å²) in [7, 11) is -3.20. The fourth-order valence-corrected chi connectivity index (χ4v) is 3.78. The Morgan fingerprint density at radius 1 is 1.44 bits per heavy atom. The summed E-state index contributed by atoms with van der Waals surface area (Å²) in [5.74, 6) is 0. The average molecular weight is 276 g/mol. The molecule has 1 heterocycles. The van der Waals surface area contributed by atoms with Crippen molar-refractivity contribution in [2.45, 2.75) is 50.5 Å². The normalized spacial score (nSPS) is 28.9. The minimum Gasteiger partial charge on any atom is -0.377 e. The van der Waals surface area contributed by atoms with Crippen molar-refractivity contribution < 1.29 is 13.2 Å². The highest BCUT2D eigenvalue weighted by Gasteiger charge is 2.32. The highest BCUT2D eigenvalue weighted by Crippen LogP contribution is 2.20. The van der Waals surface area contributed by atoms with Gasteiger partial charge in [0.15, 0.2) is 0 Å². The number of sulfonamides is 1. The predicted octanol–water partition coefficient (Wildman–Crippen LogP) is 0.567. The van der Waals surface area contributed by atoms with Gasteiger partial charge in [-0.2, -0.15) is 4.31 Å². The molecule has 0 spiro atoms. The van der Waals surface area contributed by atoms with Crippen molar-refractivity contribution in [2.24, 2.45) is 0 Å². The predicted molar refractivity (Wildman–Crippen MR) is 71.0 cm³/mol. The molecule has 2 atom stereocenters. The first-order chi connectivity index (χ1) is 8.50. The van der Waals surface area contributed by atoms with Crippen molar-refractivity contribution >= 4 is 10.0 Å². The zero-order chi connectivity index (χ0) is 13.2. The summed E-state index contributed by atoms with van der Waals surface area (Å²) in [5.41, 5.74) is 0. The molecule has 1 N–H and O–H groups in total. The van der Waals surface area contributed by atoms with E-state index in [1.807, 2.05) is 6.92 Å². The maximum absolute atomic E-state index is 12.4. The van der Waals surface area contributed by atoms with E-state index in [9.17, 15) is 8.42 Å². The van der Waals surface area contributed by atoms with Crippen LogP contribution >= 0.6 is 0 Å². The largest absolute Gasteiger partial charge is 0.377 e. The fourth-order valence-electron chi connectivity index (χ4n) is 2.17. The van der Waals surface area contributed by atoms with Crippen molar-refractivity contribution in [1.82, 2.24) is 9.62 Å². The van der Waals surface area contributed by atoms with Gasteiger partial charge in [0.05, 0.1) is 11.4 Å². The van der Waals surface area contributed by atoms with Crippen molar-refractivity contribution in [3.05, 3.63) is 0 Å². The van der Waals surface area contributed by atoms with Crippen LogP contribution in [-0.2, 0) is 14.8 Å². The second-order valence-electron chi connectivity index (χ2n) is 5.43. The third-order valence-corrected chi connectivity index (χ3v) is 5.79. The Bertz CT molecular complexity index is 368. The second-order valence-corrected chi connectivity index (χ2v) is 7.78. The quantitative estimate of drug-likeness (QED) is 0.797. The number of ether oxygens (including phenoxy) is 1. The fraction of sp³-hybridized carbons (Fsp3) is 1.00. The molecule has 1 aliphatic carbocycles. The molecular formula is C12H24N2O3S. The molecule has 0 amide bonds. The molecule has 18 heavy (non-hydrogen) atoms. The Labute approximate surface area is 110 Å². The molecule has 1 aliphatic heterocycles. The lowest BCUT2D eigenvalue weighted by molar-refractivity contribution is 0.0751. The van der Waals surface area contributed by atoms with Gasteiger partial charge < -0.3 is 10.1 Å². The Balaban J connectivity index is 1.93. The van der Waals surface area contributed by atoms with Gasteiger partial charge in [-0.15, -0.1) is 0 Å². The molecule has 106 valence electrons. The SMILES string of the molecule is CC1CN(S(=O)(=O)C(C)CNC2CC2)CCCO1. The van der Waals surface area contributed by atoms with Crippen molar-refractivity contribution in [3.63, 3.8) is 0 Å². The van der Waals surface area contributed by atoms with E-state index < -0.39 is 10.0 Å². The van der Waals surface area contributed by atoms with Gasteiger partial charge in [-0.25, -0.2) is 8.42 Å². The molecule has 0 aromatic heterocycles. The van der Waals surface area contributed by atoms with Gasteiger partial charge in [0.1, 0.15) is 0 Å². The van der Waals surface area contributed by atoms with Gasteiger partial charge >= 0.3 is 0 Å². The minimum absolute atomic E-state index is 0.00846. The average Bonchev–Trinajstić information content (AvgIpc) is 3.12. The number of hydrogen-bond acceptors (Lipinski definition) is 4. The lowest BCUT2D eigenvalue weighted by atomic mass is 10.4. The Hall–Kier alpha value is -0.170. The van der Waals surface area contributed by atoms with Crippen LogP contribution in [-0.4, -0.2) is 56.4 Å². The molecule has 5 nitrogen and oxygen atoms in total. The first-order valence-electron chi connectivity index (χ1n) is 6.84. The standard InChI is InChI=1S/C12H24N2O3S/c1-10-9-14(6-3-7-17-10)18(15,16)11(2)8-13-12-4-5-12/h10-13H,3-9H2,1-2H3. The number of nitrogens with one attached hydrogen (secondary N) is 1. The Morgan fingerprint density at radius 3 is 2.83 bits per heavy atom. The van der Waals surface area contributed by atoms with E-state index in [1.54, 1.807) is 11.2 Å². The molecule has 1 saturated carbocycles. The summed E-state index contributed by atoms with van der Waals surface area (Å²) in [6.45, 7) is 6.00. The minimum atomic E-state index is -3.20. The molecule has 2 rings (SSSR count). The summed E-state index contributed by atoms with van der Waals surface area (Å²) in [4.78, 5) is 0. The summed E-state index contributed by atoms with van der Waals surface area (Å²) < 4.78 is 32.0. The maximum atomic E-state index is 12.4. The van der Waals surface area contributed by atoms with Crippen LogP contribution in [0.25, 0.3) is 0 Å². The highest BCUT2D eigenvalue weighted by molar-refractivity contribution is 7.89. The monoisotopic (exact) mass is 276 g/mol. The zero-order valence-corrected chi connectivity index (χ0v) is 12.1. The van der Waals surface area contributed by atoms with Crippen LogP contribution in [0.3, 0.4) is 0 Å². The molecular weight excluding hydrogens is 252 g/mol. The molecule has 0 bridgehead atoms. The van der Waals surface area contributed by atoms with Crippen LogP contribution in [0.15, 0.2) is 0 Å². The molecule has 0 aromatic carbocycles. The van der Waals surface area contributed by atoms with Crippen molar-refractivity contribution in [2.75, 3.05) is 26.2 Å². The third kappa shape index (κ3) is 3.66. The maximum Gasteiger partial charge on any atom is 0.218 e. The van der Waals surface area contributed by atoms with E-state index in [0.717, 1.165) is 6.42 Å². The van der Waals surface area contributed by atoms with E-state index in [1.165, 1.54) is 12.8 Å². The van der Waals surface area contributed by atoms with Gasteiger partial charge in [-0.3, -0.25) is 0 Å². The lowest BCUT2D eigenvalue weighted by Crippen LogP contribution is -2.44. The van der Waals surface area contributed by atoms with Crippen LogP contribution in [0.4, 0.5) is 0 Å². The lowest BCUT2D eigenvalue weighted by Gasteiger charge is -2.25. The Kier molecular flexibility index (Phi) is 4.64. The van der Waals surface area contributed by atoms with E-state index in [2.05, 4.69) is 5.32 Å². The zero-order valence-electron chi connectivity index (χ0n) is 11.3. The van der Waals surface area contributed by atoms with E-state index in [4.69, 9.17) is 4.74 Å². The van der Waals surface area contributed by atoms with E-state index in [0.29, 0.717) is 32.3 Å². The summed E-state index contributed by atoms with van der Waals surface area (Å²) in [6, 6.07) is 0.550. The first-order valence-corrected chi connectivity index (χ1v) is 8.34. The molecule has 2 aliphatic rings. The molecule has 0 radical (unpaired) electrons. The van der Waals surface area contributed by atoms with Gasteiger partial charge in [-0.05, 0) is 33.1 Å². The van der Waals surface area contributed by atoms with Gasteiger partial charge in [0.2, 0.25) is 10.0 Å². The van der Waals surface area contributed by atoms with Gasteiger partial charge in [0.25, 0.3) is 0 Å². The van der Waals surface area contributed by atoms with Crippen LogP contribution in [0.5, 0.6) is 0 Å². The number of hydrogen-bond donors (Lipinski definition) is 1. The van der Waals surface area contributed by atoms with Gasteiger partial charge in [0, 0.05) is 32.3 Å². The highest BCUT2D eigenvalue weighted by atomic mass is 32.2. The number of nitrogens with zero attached hydrogens (tertiary/aromatic N) is 1. The first kappa shape index (κ1) is 14.2. The van der Waals surface area contributed by atoms with E-state index >= 15 is 0 Å². The molecule has 1 saturated heterocycles. The topological polar surface area (TPSA) is 58.6 Å². The van der Waals surface area contributed by atoms with Gasteiger partial charge in [-0.1, -0.05) is 0 Å². The molecule has 2 unspecified atom stereocenters. The van der Waals surface area contributed by atoms with Crippen molar-refractivity contribution in [1.29, 1.82) is 0 Å². The van der Waals surface area contributed by atoms with Crippen LogP contribution in [0.2, 0.25) is 0 Å². The van der Waals surface area contributed by atoms with Crippen LogP contribution in [0.1, 0.15) is 33.1 Å². The number of rotatable bonds is 5. The van der Waals surface area contributed by atoms with E-state index in [-0.39, 0.29) is 11.4 Å². The Morgan fingerprint density at radius 2 is 2.17 bits per heavy atom. The van der Waals surface area contributed by atoms with Crippen LogP contribution < -0.4 is 5.32 Å². The summed E-state index contributed by atoms with van der Waals surface area (Å²) in [6.07, 6.45) is 3.14. The second kappa shape index (κ2) is 5.86. The summed E-state index contributed by atoms with van der Waals surface area (Å²) >= 11 is 0. The smallest absolute Gasteiger partial charge is 0.218 e. The van der Waals surface area contributed by atoms with Crippen molar-refractivity contribution in [3.8, 4) is 0 Å². The summed E-state index contributed by atoms with van der Waals surface area (Å²) in [5, 5.41) is 2.93. The third-order valence-electron chi connectivity index (χ3n) is 3.55. The molecule has 6 heteroatoms. The molecule has 0 aromatic rings.